The standard InChI is InChI=1S/C27H31N5O2S2/c1-5-11-32-24(15-34-20-9-7-17(3)18(4)12-20)30-31-27(32)35-16-25(33)29-26-22(14-28)21-10-8-19(6-2)13-23(21)36-26/h5,7,9,12,19H,1,6,8,10-11,13,15-16H2,2-4H3,(H,29,33). The van der Waals surface area contributed by atoms with Gasteiger partial charge in [-0.15, -0.1) is 28.1 Å². The highest BCUT2D eigenvalue weighted by atomic mass is 32.2. The van der Waals surface area contributed by atoms with Gasteiger partial charge in [0, 0.05) is 11.4 Å². The molecule has 188 valence electrons. The number of hydrogen-bond donors (Lipinski definition) is 1. The predicted molar refractivity (Wildman–Crippen MR) is 145 cm³/mol. The third kappa shape index (κ3) is 5.82. The van der Waals surface area contributed by atoms with E-state index in [4.69, 9.17) is 4.74 Å². The number of ether oxygens (including phenoxy) is 1. The maximum Gasteiger partial charge on any atom is 0.235 e. The molecule has 0 radical (unpaired) electrons. The van der Waals surface area contributed by atoms with Crippen LogP contribution in [0.4, 0.5) is 5.00 Å². The molecule has 0 fully saturated rings. The summed E-state index contributed by atoms with van der Waals surface area (Å²) in [5, 5.41) is 22.6. The summed E-state index contributed by atoms with van der Waals surface area (Å²) < 4.78 is 7.84. The Bertz CT molecular complexity index is 1300. The average Bonchev–Trinajstić information content (AvgIpc) is 3.42. The molecule has 1 amide bonds. The van der Waals surface area contributed by atoms with Crippen LogP contribution < -0.4 is 10.1 Å². The first kappa shape index (κ1) is 26.0. The van der Waals surface area contributed by atoms with Gasteiger partial charge in [-0.3, -0.25) is 9.36 Å². The van der Waals surface area contributed by atoms with Gasteiger partial charge in [0.1, 0.15) is 23.4 Å². The quantitative estimate of drug-likeness (QED) is 0.266. The molecule has 1 unspecified atom stereocenters. The molecular weight excluding hydrogens is 490 g/mol. The molecule has 3 aromatic rings. The molecule has 9 heteroatoms. The number of nitrogens with zero attached hydrogens (tertiary/aromatic N) is 4. The molecular formula is C27H31N5O2S2. The van der Waals surface area contributed by atoms with Crippen molar-refractivity contribution in [3.05, 3.63) is 63.8 Å². The number of anilines is 1. The second kappa shape index (κ2) is 11.8. The van der Waals surface area contributed by atoms with Gasteiger partial charge in [0.2, 0.25) is 5.91 Å². The zero-order valence-corrected chi connectivity index (χ0v) is 22.6. The molecule has 2 heterocycles. The van der Waals surface area contributed by atoms with Gasteiger partial charge in [-0.25, -0.2) is 0 Å². The van der Waals surface area contributed by atoms with Crippen LogP contribution in [0, 0.1) is 31.1 Å². The zero-order valence-electron chi connectivity index (χ0n) is 21.0. The van der Waals surface area contributed by atoms with Gasteiger partial charge in [-0.2, -0.15) is 5.26 Å². The summed E-state index contributed by atoms with van der Waals surface area (Å²) in [5.41, 5.74) is 4.13. The number of aromatic nitrogens is 3. The van der Waals surface area contributed by atoms with Crippen LogP contribution >= 0.6 is 23.1 Å². The van der Waals surface area contributed by atoms with E-state index in [0.29, 0.717) is 34.0 Å². The minimum atomic E-state index is -0.164. The second-order valence-corrected chi connectivity index (χ2v) is 11.1. The minimum absolute atomic E-state index is 0.164. The Hall–Kier alpha value is -3.09. The highest BCUT2D eigenvalue weighted by Gasteiger charge is 2.26. The number of nitrogens with one attached hydrogen (secondary N) is 1. The molecule has 0 bridgehead atoms. The number of fused-ring (bicyclic) bond motifs is 1. The number of carbonyl (C=O) groups excluding carboxylic acids is 1. The number of thioether (sulfide) groups is 1. The van der Waals surface area contributed by atoms with Crippen molar-refractivity contribution in [1.82, 2.24) is 14.8 Å². The summed E-state index contributed by atoms with van der Waals surface area (Å²) in [6, 6.07) is 8.29. The van der Waals surface area contributed by atoms with Gasteiger partial charge in [-0.05, 0) is 67.9 Å². The van der Waals surface area contributed by atoms with Crippen LogP contribution in [0.15, 0.2) is 36.0 Å². The summed E-state index contributed by atoms with van der Waals surface area (Å²) in [6.07, 6.45) is 5.92. The minimum Gasteiger partial charge on any atom is -0.486 e. The van der Waals surface area contributed by atoms with E-state index in [1.165, 1.54) is 27.8 Å². The summed E-state index contributed by atoms with van der Waals surface area (Å²) in [5.74, 6) is 2.10. The molecule has 7 nitrogen and oxygen atoms in total. The van der Waals surface area contributed by atoms with Crippen molar-refractivity contribution in [1.29, 1.82) is 5.26 Å². The molecule has 1 aromatic carbocycles. The largest absolute Gasteiger partial charge is 0.486 e. The normalized spacial score (nSPS) is 14.7. The Labute approximate surface area is 220 Å². The van der Waals surface area contributed by atoms with Crippen LogP contribution in [-0.4, -0.2) is 26.4 Å². The lowest BCUT2D eigenvalue weighted by Crippen LogP contribution is -2.15. The van der Waals surface area contributed by atoms with Gasteiger partial charge in [-0.1, -0.05) is 37.2 Å². The van der Waals surface area contributed by atoms with Gasteiger partial charge in [0.15, 0.2) is 11.0 Å². The fraction of sp³-hybridized carbons (Fsp3) is 0.407. The van der Waals surface area contributed by atoms with Gasteiger partial charge in [0.25, 0.3) is 0 Å². The van der Waals surface area contributed by atoms with Crippen LogP contribution in [0.5, 0.6) is 5.75 Å². The Morgan fingerprint density at radius 1 is 1.39 bits per heavy atom. The first-order valence-corrected chi connectivity index (χ1v) is 13.9. The SMILES string of the molecule is C=CCn1c(COc2ccc(C)c(C)c2)nnc1SCC(=O)Nc1sc2c(c1C#N)CCC(CC)C2. The Morgan fingerprint density at radius 2 is 2.22 bits per heavy atom. The maximum absolute atomic E-state index is 12.8. The smallest absolute Gasteiger partial charge is 0.235 e. The zero-order chi connectivity index (χ0) is 25.7. The third-order valence-electron chi connectivity index (χ3n) is 6.59. The van der Waals surface area contributed by atoms with Crippen molar-refractivity contribution in [2.75, 3.05) is 11.1 Å². The first-order chi connectivity index (χ1) is 17.4. The number of hydrogen-bond acceptors (Lipinski definition) is 7. The molecule has 1 N–H and O–H groups in total. The van der Waals surface area contributed by atoms with E-state index in [-0.39, 0.29) is 18.3 Å². The van der Waals surface area contributed by atoms with Crippen molar-refractivity contribution >= 4 is 34.0 Å². The molecule has 1 atom stereocenters. The van der Waals surface area contributed by atoms with Crippen LogP contribution in [0.2, 0.25) is 0 Å². The third-order valence-corrected chi connectivity index (χ3v) is 8.73. The van der Waals surface area contributed by atoms with E-state index in [2.05, 4.69) is 48.9 Å². The molecule has 0 spiro atoms. The Balaban J connectivity index is 1.40. The van der Waals surface area contributed by atoms with Gasteiger partial charge >= 0.3 is 0 Å². The topological polar surface area (TPSA) is 92.8 Å². The van der Waals surface area contributed by atoms with Crippen LogP contribution in [0.3, 0.4) is 0 Å². The van der Waals surface area contributed by atoms with Crippen molar-refractivity contribution in [3.63, 3.8) is 0 Å². The predicted octanol–water partition coefficient (Wildman–Crippen LogP) is 5.84. The summed E-state index contributed by atoms with van der Waals surface area (Å²) in [6.45, 7) is 10.9. The number of allylic oxidation sites excluding steroid dienone is 1. The molecule has 2 aromatic heterocycles. The van der Waals surface area contributed by atoms with Gasteiger partial charge < -0.3 is 10.1 Å². The first-order valence-electron chi connectivity index (χ1n) is 12.1. The van der Waals surface area contributed by atoms with Crippen molar-refractivity contribution in [3.8, 4) is 11.8 Å². The van der Waals surface area contributed by atoms with Crippen LogP contribution in [0.1, 0.15) is 52.7 Å². The lowest BCUT2D eigenvalue weighted by Gasteiger charge is -2.20. The summed E-state index contributed by atoms with van der Waals surface area (Å²) >= 11 is 2.86. The van der Waals surface area contributed by atoms with E-state index < -0.39 is 0 Å². The van der Waals surface area contributed by atoms with Crippen molar-refractivity contribution in [2.24, 2.45) is 5.92 Å². The summed E-state index contributed by atoms with van der Waals surface area (Å²) in [4.78, 5) is 14.0. The molecule has 36 heavy (non-hydrogen) atoms. The van der Waals surface area contributed by atoms with Crippen LogP contribution in [-0.2, 0) is 30.8 Å². The molecule has 1 aliphatic carbocycles. The van der Waals surface area contributed by atoms with E-state index >= 15 is 0 Å². The Kier molecular flexibility index (Phi) is 8.49. The van der Waals surface area contributed by atoms with E-state index in [1.54, 1.807) is 17.4 Å². The molecule has 0 saturated carbocycles. The fourth-order valence-corrected chi connectivity index (χ4v) is 6.39. The number of aryl methyl sites for hydroxylation is 2. The van der Waals surface area contributed by atoms with Crippen LogP contribution in [0.25, 0.3) is 0 Å². The highest BCUT2D eigenvalue weighted by Crippen LogP contribution is 2.40. The Morgan fingerprint density at radius 3 is 2.94 bits per heavy atom. The second-order valence-electron chi connectivity index (χ2n) is 9.01. The van der Waals surface area contributed by atoms with E-state index in [0.717, 1.165) is 37.0 Å². The number of benzene rings is 1. The lowest BCUT2D eigenvalue weighted by atomic mass is 9.86. The number of carbonyl (C=O) groups is 1. The molecule has 4 rings (SSSR count). The maximum atomic E-state index is 12.8. The molecule has 0 saturated heterocycles. The number of rotatable bonds is 10. The van der Waals surface area contributed by atoms with Crippen molar-refractivity contribution in [2.45, 2.75) is 64.8 Å². The summed E-state index contributed by atoms with van der Waals surface area (Å²) in [7, 11) is 0. The number of amides is 1. The van der Waals surface area contributed by atoms with Gasteiger partial charge in [0.05, 0.1) is 11.3 Å². The fourth-order valence-electron chi connectivity index (χ4n) is 4.30. The van der Waals surface area contributed by atoms with E-state index in [9.17, 15) is 10.1 Å². The van der Waals surface area contributed by atoms with E-state index in [1.807, 2.05) is 22.8 Å². The highest BCUT2D eigenvalue weighted by molar-refractivity contribution is 7.99. The monoisotopic (exact) mass is 521 g/mol. The molecule has 1 aliphatic rings. The molecule has 0 aliphatic heterocycles. The lowest BCUT2D eigenvalue weighted by molar-refractivity contribution is -0.113. The average molecular weight is 522 g/mol. The number of nitriles is 1. The van der Waals surface area contributed by atoms with Crippen molar-refractivity contribution < 1.29 is 9.53 Å². The number of thiophene rings is 1.